The molecule has 7 heteroatoms. The number of nitrogens with two attached hydrogens (primary N) is 1. The van der Waals surface area contributed by atoms with E-state index in [1.807, 2.05) is 0 Å². The molecular formula is C13H13F3N4. The lowest BCUT2D eigenvalue weighted by atomic mass is 10.2. The number of rotatable bonds is 3. The molecule has 0 spiro atoms. The van der Waals surface area contributed by atoms with Gasteiger partial charge in [0.2, 0.25) is 0 Å². The monoisotopic (exact) mass is 282 g/mol. The number of anilines is 2. The van der Waals surface area contributed by atoms with E-state index in [4.69, 9.17) is 5.73 Å². The first-order valence-corrected chi connectivity index (χ1v) is 6.28. The van der Waals surface area contributed by atoms with Gasteiger partial charge in [-0.3, -0.25) is 0 Å². The maximum absolute atomic E-state index is 12.7. The minimum absolute atomic E-state index is 0.0905. The van der Waals surface area contributed by atoms with Gasteiger partial charge in [0.1, 0.15) is 18.7 Å². The molecule has 20 heavy (non-hydrogen) atoms. The van der Waals surface area contributed by atoms with Crippen LogP contribution in [0.15, 0.2) is 24.5 Å². The molecule has 0 amide bonds. The van der Waals surface area contributed by atoms with E-state index in [0.717, 1.165) is 12.8 Å². The highest BCUT2D eigenvalue weighted by Gasteiger charge is 2.39. The van der Waals surface area contributed by atoms with Crippen molar-refractivity contribution in [2.45, 2.75) is 25.1 Å². The number of aromatic nitrogens is 2. The summed E-state index contributed by atoms with van der Waals surface area (Å²) in [5, 5.41) is 0.595. The van der Waals surface area contributed by atoms with Crippen LogP contribution in [-0.2, 0) is 0 Å². The number of fused-ring (bicyclic) bond motifs is 1. The molecule has 1 aliphatic rings. The molecule has 1 aromatic carbocycles. The Balaban J connectivity index is 2.06. The zero-order chi connectivity index (χ0) is 14.3. The molecule has 2 aromatic rings. The number of halogens is 3. The SMILES string of the molecule is Nc1ccc2c(N(CC(F)(F)F)C3CC3)ncnc2c1. The van der Waals surface area contributed by atoms with Crippen molar-refractivity contribution in [3.8, 4) is 0 Å². The lowest BCUT2D eigenvalue weighted by Crippen LogP contribution is -2.36. The summed E-state index contributed by atoms with van der Waals surface area (Å²) in [7, 11) is 0. The summed E-state index contributed by atoms with van der Waals surface area (Å²) in [5.74, 6) is 0.329. The number of hydrogen-bond acceptors (Lipinski definition) is 4. The van der Waals surface area contributed by atoms with Gasteiger partial charge in [0.25, 0.3) is 0 Å². The quantitative estimate of drug-likeness (QED) is 0.879. The fraction of sp³-hybridized carbons (Fsp3) is 0.385. The third-order valence-corrected chi connectivity index (χ3v) is 3.25. The van der Waals surface area contributed by atoms with E-state index < -0.39 is 12.7 Å². The average molecular weight is 282 g/mol. The zero-order valence-electron chi connectivity index (χ0n) is 10.6. The first-order valence-electron chi connectivity index (χ1n) is 6.28. The van der Waals surface area contributed by atoms with Crippen LogP contribution in [0.1, 0.15) is 12.8 Å². The van der Waals surface area contributed by atoms with Gasteiger partial charge in [-0.15, -0.1) is 0 Å². The molecule has 0 radical (unpaired) electrons. The van der Waals surface area contributed by atoms with Gasteiger partial charge < -0.3 is 10.6 Å². The second-order valence-corrected chi connectivity index (χ2v) is 4.95. The van der Waals surface area contributed by atoms with Crippen molar-refractivity contribution in [3.05, 3.63) is 24.5 Å². The van der Waals surface area contributed by atoms with Crippen LogP contribution in [0.3, 0.4) is 0 Å². The van der Waals surface area contributed by atoms with Crippen molar-refractivity contribution in [2.24, 2.45) is 0 Å². The van der Waals surface area contributed by atoms with Gasteiger partial charge in [-0.25, -0.2) is 9.97 Å². The van der Waals surface area contributed by atoms with Crippen LogP contribution in [0, 0.1) is 0 Å². The third-order valence-electron chi connectivity index (χ3n) is 3.25. The molecule has 1 aliphatic carbocycles. The maximum Gasteiger partial charge on any atom is 0.405 e. The summed E-state index contributed by atoms with van der Waals surface area (Å²) < 4.78 is 38.2. The molecule has 0 bridgehead atoms. The largest absolute Gasteiger partial charge is 0.405 e. The van der Waals surface area contributed by atoms with Crippen molar-refractivity contribution in [1.82, 2.24) is 9.97 Å². The summed E-state index contributed by atoms with van der Waals surface area (Å²) in [6.45, 7) is -0.992. The fourth-order valence-electron chi connectivity index (χ4n) is 2.25. The Morgan fingerprint density at radius 3 is 2.65 bits per heavy atom. The van der Waals surface area contributed by atoms with Gasteiger partial charge in [0.15, 0.2) is 0 Å². The summed E-state index contributed by atoms with van der Waals surface area (Å²) >= 11 is 0. The highest BCUT2D eigenvalue weighted by molar-refractivity contribution is 5.91. The van der Waals surface area contributed by atoms with E-state index in [9.17, 15) is 13.2 Å². The number of alkyl halides is 3. The second kappa shape index (κ2) is 4.50. The minimum atomic E-state index is -4.26. The smallest absolute Gasteiger partial charge is 0.399 e. The van der Waals surface area contributed by atoms with E-state index in [-0.39, 0.29) is 6.04 Å². The Bertz CT molecular complexity index is 637. The second-order valence-electron chi connectivity index (χ2n) is 4.95. The third kappa shape index (κ3) is 2.61. The molecule has 0 unspecified atom stereocenters. The lowest BCUT2D eigenvalue weighted by Gasteiger charge is -2.25. The molecule has 3 rings (SSSR count). The van der Waals surface area contributed by atoms with Crippen molar-refractivity contribution in [1.29, 1.82) is 0 Å². The number of nitrogens with zero attached hydrogens (tertiary/aromatic N) is 3. The summed E-state index contributed by atoms with van der Waals surface area (Å²) in [6, 6.07) is 4.87. The average Bonchev–Trinajstić information content (AvgIpc) is 3.18. The molecule has 1 aromatic heterocycles. The van der Waals surface area contributed by atoms with Crippen molar-refractivity contribution in [3.63, 3.8) is 0 Å². The van der Waals surface area contributed by atoms with Gasteiger partial charge in [-0.05, 0) is 31.0 Å². The maximum atomic E-state index is 12.7. The van der Waals surface area contributed by atoms with E-state index in [1.54, 1.807) is 18.2 Å². The lowest BCUT2D eigenvalue weighted by molar-refractivity contribution is -0.120. The Labute approximate surface area is 113 Å². The van der Waals surface area contributed by atoms with Crippen molar-refractivity contribution < 1.29 is 13.2 Å². The topological polar surface area (TPSA) is 55.0 Å². The Morgan fingerprint density at radius 2 is 2.00 bits per heavy atom. The van der Waals surface area contributed by atoms with Gasteiger partial charge in [-0.2, -0.15) is 13.2 Å². The number of nitrogen functional groups attached to an aromatic ring is 1. The predicted octanol–water partition coefficient (Wildman–Crippen LogP) is 2.74. The number of hydrogen-bond donors (Lipinski definition) is 1. The van der Waals surface area contributed by atoms with E-state index in [1.165, 1.54) is 11.2 Å². The van der Waals surface area contributed by atoms with Crippen molar-refractivity contribution >= 4 is 22.4 Å². The molecule has 1 saturated carbocycles. The fourth-order valence-corrected chi connectivity index (χ4v) is 2.25. The standard InChI is InChI=1S/C13H13F3N4/c14-13(15,16)6-20(9-2-3-9)12-10-4-1-8(17)5-11(10)18-7-19-12/h1,4-5,7,9H,2-3,6,17H2. The zero-order valence-corrected chi connectivity index (χ0v) is 10.6. The summed E-state index contributed by atoms with van der Waals surface area (Å²) in [4.78, 5) is 9.44. The Hall–Kier alpha value is -2.05. The molecule has 4 nitrogen and oxygen atoms in total. The Kier molecular flexibility index (Phi) is 2.92. The summed E-state index contributed by atoms with van der Waals surface area (Å²) in [5.41, 5.74) is 6.75. The first kappa shape index (κ1) is 13.0. The molecule has 1 heterocycles. The van der Waals surface area contributed by atoms with Crippen LogP contribution in [0.5, 0.6) is 0 Å². The molecular weight excluding hydrogens is 269 g/mol. The molecule has 2 N–H and O–H groups in total. The predicted molar refractivity (Wildman–Crippen MR) is 70.4 cm³/mol. The molecule has 1 fully saturated rings. The van der Waals surface area contributed by atoms with Gasteiger partial charge in [0.05, 0.1) is 5.52 Å². The minimum Gasteiger partial charge on any atom is -0.399 e. The van der Waals surface area contributed by atoms with Gasteiger partial charge in [-0.1, -0.05) is 0 Å². The van der Waals surface area contributed by atoms with E-state index in [2.05, 4.69) is 9.97 Å². The van der Waals surface area contributed by atoms with Gasteiger partial charge in [0, 0.05) is 17.1 Å². The highest BCUT2D eigenvalue weighted by atomic mass is 19.4. The van der Waals surface area contributed by atoms with Crippen molar-refractivity contribution in [2.75, 3.05) is 17.2 Å². The normalized spacial score (nSPS) is 15.6. The van der Waals surface area contributed by atoms with Crippen LogP contribution in [0.25, 0.3) is 10.9 Å². The Morgan fingerprint density at radius 1 is 1.25 bits per heavy atom. The van der Waals surface area contributed by atoms with Crippen LogP contribution >= 0.6 is 0 Å². The van der Waals surface area contributed by atoms with Gasteiger partial charge >= 0.3 is 6.18 Å². The van der Waals surface area contributed by atoms with Crippen LogP contribution in [-0.4, -0.2) is 28.7 Å². The van der Waals surface area contributed by atoms with Crippen LogP contribution in [0.2, 0.25) is 0 Å². The van der Waals surface area contributed by atoms with E-state index in [0.29, 0.717) is 22.4 Å². The number of benzene rings is 1. The summed E-state index contributed by atoms with van der Waals surface area (Å²) in [6.07, 6.45) is -1.45. The molecule has 0 atom stereocenters. The molecule has 0 saturated heterocycles. The highest BCUT2D eigenvalue weighted by Crippen LogP contribution is 2.36. The first-order chi connectivity index (χ1) is 9.44. The van der Waals surface area contributed by atoms with E-state index >= 15 is 0 Å². The molecule has 106 valence electrons. The molecule has 0 aliphatic heterocycles. The van der Waals surface area contributed by atoms with Crippen LogP contribution in [0.4, 0.5) is 24.7 Å². The van der Waals surface area contributed by atoms with Crippen LogP contribution < -0.4 is 10.6 Å².